The smallest absolute Gasteiger partial charge is 0.255 e. The van der Waals surface area contributed by atoms with Gasteiger partial charge in [0, 0.05) is 24.5 Å². The molecule has 1 aromatic carbocycles. The van der Waals surface area contributed by atoms with E-state index in [-0.39, 0.29) is 11.9 Å². The summed E-state index contributed by atoms with van der Waals surface area (Å²) in [7, 11) is 0. The number of ether oxygens (including phenoxy) is 1. The van der Waals surface area contributed by atoms with Crippen LogP contribution in [0.2, 0.25) is 0 Å². The van der Waals surface area contributed by atoms with Crippen molar-refractivity contribution in [2.24, 2.45) is 11.7 Å². The SMILES string of the molecule is CCOc1ccc(Nc2ncccc2C(=O)NCC(N)C2CC2)cc1. The molecular weight excluding hydrogens is 316 g/mol. The number of pyridine rings is 1. The fourth-order valence-corrected chi connectivity index (χ4v) is 2.62. The molecule has 1 aromatic heterocycles. The average molecular weight is 340 g/mol. The number of carbonyl (C=O) groups excluding carboxylic acids is 1. The van der Waals surface area contributed by atoms with Gasteiger partial charge in [-0.3, -0.25) is 4.79 Å². The molecule has 1 amide bonds. The topological polar surface area (TPSA) is 89.3 Å². The van der Waals surface area contributed by atoms with Gasteiger partial charge in [-0.1, -0.05) is 0 Å². The predicted octanol–water partition coefficient (Wildman–Crippen LogP) is 2.69. The van der Waals surface area contributed by atoms with Crippen LogP contribution < -0.4 is 21.1 Å². The Morgan fingerprint density at radius 1 is 1.32 bits per heavy atom. The van der Waals surface area contributed by atoms with Crippen LogP contribution in [0.3, 0.4) is 0 Å². The molecule has 6 heteroatoms. The summed E-state index contributed by atoms with van der Waals surface area (Å²) in [6.45, 7) is 3.06. The van der Waals surface area contributed by atoms with Crippen molar-refractivity contribution in [1.82, 2.24) is 10.3 Å². The maximum Gasteiger partial charge on any atom is 0.255 e. The molecule has 1 aliphatic carbocycles. The fourth-order valence-electron chi connectivity index (χ4n) is 2.62. The van der Waals surface area contributed by atoms with Crippen molar-refractivity contribution in [2.45, 2.75) is 25.8 Å². The van der Waals surface area contributed by atoms with Crippen LogP contribution in [-0.2, 0) is 0 Å². The molecular formula is C19H24N4O2. The zero-order valence-corrected chi connectivity index (χ0v) is 14.4. The second-order valence-corrected chi connectivity index (χ2v) is 6.19. The van der Waals surface area contributed by atoms with Gasteiger partial charge in [0.25, 0.3) is 5.91 Å². The van der Waals surface area contributed by atoms with Crippen molar-refractivity contribution in [3.63, 3.8) is 0 Å². The number of carbonyl (C=O) groups is 1. The van der Waals surface area contributed by atoms with E-state index in [2.05, 4.69) is 15.6 Å². The number of hydrogen-bond donors (Lipinski definition) is 3. The summed E-state index contributed by atoms with van der Waals surface area (Å²) in [5, 5.41) is 6.09. The summed E-state index contributed by atoms with van der Waals surface area (Å²) >= 11 is 0. The minimum Gasteiger partial charge on any atom is -0.494 e. The van der Waals surface area contributed by atoms with Crippen LogP contribution in [0.25, 0.3) is 0 Å². The fraction of sp³-hybridized carbons (Fsp3) is 0.368. The van der Waals surface area contributed by atoms with E-state index in [1.165, 1.54) is 0 Å². The lowest BCUT2D eigenvalue weighted by Gasteiger charge is -2.14. The van der Waals surface area contributed by atoms with Gasteiger partial charge >= 0.3 is 0 Å². The van der Waals surface area contributed by atoms with E-state index in [0.717, 1.165) is 24.3 Å². The first-order valence-corrected chi connectivity index (χ1v) is 8.66. The number of nitrogens with two attached hydrogens (primary N) is 1. The van der Waals surface area contributed by atoms with Gasteiger partial charge in [0.05, 0.1) is 12.2 Å². The third kappa shape index (κ3) is 4.70. The summed E-state index contributed by atoms with van der Waals surface area (Å²) in [5.41, 5.74) is 7.39. The molecule has 1 aliphatic rings. The van der Waals surface area contributed by atoms with Gasteiger partial charge in [0.15, 0.2) is 0 Å². The summed E-state index contributed by atoms with van der Waals surface area (Å²) in [5.74, 6) is 1.71. The molecule has 0 radical (unpaired) electrons. The minimum absolute atomic E-state index is 0.0307. The lowest BCUT2D eigenvalue weighted by atomic mass is 10.2. The summed E-state index contributed by atoms with van der Waals surface area (Å²) in [6.07, 6.45) is 3.98. The highest BCUT2D eigenvalue weighted by molar-refractivity contribution is 5.99. The molecule has 1 saturated carbocycles. The van der Waals surface area contributed by atoms with Crippen LogP contribution in [0.15, 0.2) is 42.6 Å². The standard InChI is InChI=1S/C19H24N4O2/c1-2-25-15-9-7-14(8-10-15)23-18-16(4-3-11-21-18)19(24)22-12-17(20)13-5-6-13/h3-4,7-11,13,17H,2,5-6,12,20H2,1H3,(H,21,23)(H,22,24). The molecule has 1 atom stereocenters. The Labute approximate surface area is 147 Å². The molecule has 2 aromatic rings. The van der Waals surface area contributed by atoms with E-state index in [4.69, 9.17) is 10.5 Å². The highest BCUT2D eigenvalue weighted by Crippen LogP contribution is 2.31. The van der Waals surface area contributed by atoms with E-state index >= 15 is 0 Å². The average Bonchev–Trinajstić information content (AvgIpc) is 3.47. The van der Waals surface area contributed by atoms with Crippen LogP contribution >= 0.6 is 0 Å². The zero-order valence-electron chi connectivity index (χ0n) is 14.4. The summed E-state index contributed by atoms with van der Waals surface area (Å²) in [4.78, 5) is 16.8. The van der Waals surface area contributed by atoms with Crippen LogP contribution in [0.5, 0.6) is 5.75 Å². The number of aromatic nitrogens is 1. The highest BCUT2D eigenvalue weighted by Gasteiger charge is 2.28. The number of nitrogens with zero attached hydrogens (tertiary/aromatic N) is 1. The van der Waals surface area contributed by atoms with Crippen LogP contribution in [0.4, 0.5) is 11.5 Å². The Bertz CT molecular complexity index is 714. The Hall–Kier alpha value is -2.60. The first-order valence-electron chi connectivity index (χ1n) is 8.66. The molecule has 6 nitrogen and oxygen atoms in total. The zero-order chi connectivity index (χ0) is 17.6. The van der Waals surface area contributed by atoms with Crippen molar-refractivity contribution in [1.29, 1.82) is 0 Å². The molecule has 25 heavy (non-hydrogen) atoms. The Morgan fingerprint density at radius 2 is 2.08 bits per heavy atom. The molecule has 0 bridgehead atoms. The van der Waals surface area contributed by atoms with E-state index < -0.39 is 0 Å². The van der Waals surface area contributed by atoms with Crippen molar-refractivity contribution in [3.8, 4) is 5.75 Å². The quantitative estimate of drug-likeness (QED) is 0.687. The molecule has 132 valence electrons. The van der Waals surface area contributed by atoms with Crippen molar-refractivity contribution in [2.75, 3.05) is 18.5 Å². The van der Waals surface area contributed by atoms with Crippen LogP contribution in [0.1, 0.15) is 30.1 Å². The van der Waals surface area contributed by atoms with Crippen molar-refractivity contribution < 1.29 is 9.53 Å². The predicted molar refractivity (Wildman–Crippen MR) is 98.2 cm³/mol. The normalized spacial score (nSPS) is 14.6. The Balaban J connectivity index is 1.66. The Morgan fingerprint density at radius 3 is 2.76 bits per heavy atom. The largest absolute Gasteiger partial charge is 0.494 e. The van der Waals surface area contributed by atoms with Gasteiger partial charge in [-0.25, -0.2) is 4.98 Å². The van der Waals surface area contributed by atoms with E-state index in [9.17, 15) is 4.79 Å². The maximum absolute atomic E-state index is 12.5. The first-order chi connectivity index (χ1) is 12.2. The maximum atomic E-state index is 12.5. The van der Waals surface area contributed by atoms with Gasteiger partial charge in [-0.2, -0.15) is 0 Å². The van der Waals surface area contributed by atoms with Crippen LogP contribution in [-0.4, -0.2) is 30.1 Å². The molecule has 4 N–H and O–H groups in total. The van der Waals surface area contributed by atoms with Gasteiger partial charge in [-0.15, -0.1) is 0 Å². The first kappa shape index (κ1) is 17.2. The van der Waals surface area contributed by atoms with Crippen LogP contribution in [0, 0.1) is 5.92 Å². The number of amides is 1. The number of rotatable bonds is 8. The third-order valence-corrected chi connectivity index (χ3v) is 4.21. The van der Waals surface area contributed by atoms with E-state index in [1.807, 2.05) is 31.2 Å². The van der Waals surface area contributed by atoms with Crippen molar-refractivity contribution in [3.05, 3.63) is 48.2 Å². The number of benzene rings is 1. The number of hydrogen-bond acceptors (Lipinski definition) is 5. The number of nitrogens with one attached hydrogen (secondary N) is 2. The van der Waals surface area contributed by atoms with E-state index in [1.54, 1.807) is 18.3 Å². The van der Waals surface area contributed by atoms with Gasteiger partial charge in [0.1, 0.15) is 11.6 Å². The van der Waals surface area contributed by atoms with Gasteiger partial charge in [0.2, 0.25) is 0 Å². The molecule has 3 rings (SSSR count). The summed E-state index contributed by atoms with van der Waals surface area (Å²) < 4.78 is 5.43. The second kappa shape index (κ2) is 7.98. The second-order valence-electron chi connectivity index (χ2n) is 6.19. The molecule has 1 heterocycles. The summed E-state index contributed by atoms with van der Waals surface area (Å²) in [6, 6.07) is 11.1. The molecule has 0 saturated heterocycles. The molecule has 0 aliphatic heterocycles. The van der Waals surface area contributed by atoms with Gasteiger partial charge < -0.3 is 21.1 Å². The minimum atomic E-state index is -0.169. The number of anilines is 2. The lowest BCUT2D eigenvalue weighted by molar-refractivity contribution is 0.0951. The Kier molecular flexibility index (Phi) is 5.50. The highest BCUT2D eigenvalue weighted by atomic mass is 16.5. The molecule has 1 fully saturated rings. The van der Waals surface area contributed by atoms with E-state index in [0.29, 0.717) is 30.5 Å². The monoisotopic (exact) mass is 340 g/mol. The molecule has 1 unspecified atom stereocenters. The van der Waals surface area contributed by atoms with Gasteiger partial charge in [-0.05, 0) is 62.1 Å². The van der Waals surface area contributed by atoms with Crippen molar-refractivity contribution >= 4 is 17.4 Å². The lowest BCUT2D eigenvalue weighted by Crippen LogP contribution is -2.38. The third-order valence-electron chi connectivity index (χ3n) is 4.21. The molecule has 0 spiro atoms.